The molecule has 2 aromatic rings. The second-order valence-electron chi connectivity index (χ2n) is 4.78. The van der Waals surface area contributed by atoms with Gasteiger partial charge in [-0.15, -0.1) is 6.58 Å². The Balaban J connectivity index is 2.23. The highest BCUT2D eigenvalue weighted by Gasteiger charge is 2.23. The summed E-state index contributed by atoms with van der Waals surface area (Å²) in [6.07, 6.45) is 2.43. The molecule has 5 heteroatoms. The molecule has 5 nitrogen and oxygen atoms in total. The molecule has 21 heavy (non-hydrogen) atoms. The van der Waals surface area contributed by atoms with Crippen molar-refractivity contribution in [2.24, 2.45) is 0 Å². The molecule has 1 aromatic heterocycles. The van der Waals surface area contributed by atoms with Crippen LogP contribution >= 0.6 is 0 Å². The summed E-state index contributed by atoms with van der Waals surface area (Å²) in [6.45, 7) is 5.33. The van der Waals surface area contributed by atoms with Crippen molar-refractivity contribution in [3.05, 3.63) is 48.2 Å². The number of nitrogens with one attached hydrogen (secondary N) is 1. The Bertz CT molecular complexity index is 687. The van der Waals surface area contributed by atoms with Gasteiger partial charge in [-0.25, -0.2) is 4.79 Å². The fraction of sp³-hybridized carbons (Fsp3) is 0.250. The largest absolute Gasteiger partial charge is 0.480 e. The number of aryl methyl sites for hydroxylation is 1. The van der Waals surface area contributed by atoms with Crippen molar-refractivity contribution in [2.75, 3.05) is 0 Å². The summed E-state index contributed by atoms with van der Waals surface area (Å²) < 4.78 is 5.52. The second kappa shape index (κ2) is 6.26. The van der Waals surface area contributed by atoms with Gasteiger partial charge in [0.15, 0.2) is 5.76 Å². The van der Waals surface area contributed by atoms with Crippen molar-refractivity contribution in [3.8, 4) is 0 Å². The number of carbonyl (C=O) groups is 2. The zero-order valence-corrected chi connectivity index (χ0v) is 11.8. The maximum atomic E-state index is 12.2. The minimum atomic E-state index is -1.07. The highest BCUT2D eigenvalue weighted by atomic mass is 16.4. The van der Waals surface area contributed by atoms with Crippen molar-refractivity contribution in [3.63, 3.8) is 0 Å². The molecule has 110 valence electrons. The number of aliphatic carboxylic acids is 1. The normalized spacial score (nSPS) is 12.0. The van der Waals surface area contributed by atoms with E-state index in [0.29, 0.717) is 24.0 Å². The first-order valence-corrected chi connectivity index (χ1v) is 6.67. The number of hydrogen-bond donors (Lipinski definition) is 2. The van der Waals surface area contributed by atoms with E-state index in [4.69, 9.17) is 9.52 Å². The van der Waals surface area contributed by atoms with Gasteiger partial charge in [-0.3, -0.25) is 4.79 Å². The molecule has 1 amide bonds. The molecule has 0 spiro atoms. The molecule has 0 aliphatic carbocycles. The van der Waals surface area contributed by atoms with E-state index in [0.717, 1.165) is 5.39 Å². The van der Waals surface area contributed by atoms with E-state index < -0.39 is 17.9 Å². The Hall–Kier alpha value is -2.56. The minimum absolute atomic E-state index is 0.154. The average molecular weight is 287 g/mol. The zero-order valence-electron chi connectivity index (χ0n) is 11.8. The number of carboxylic acid groups (broad SMARTS) is 1. The fourth-order valence-electron chi connectivity index (χ4n) is 2.16. The molecule has 1 aromatic carbocycles. The number of carboxylic acids is 1. The van der Waals surface area contributed by atoms with Gasteiger partial charge in [0, 0.05) is 10.9 Å². The van der Waals surface area contributed by atoms with Crippen molar-refractivity contribution >= 4 is 22.8 Å². The summed E-state index contributed by atoms with van der Waals surface area (Å²) >= 11 is 0. The summed E-state index contributed by atoms with van der Waals surface area (Å²) in [5.41, 5.74) is 1.31. The van der Waals surface area contributed by atoms with E-state index in [1.807, 2.05) is 18.2 Å². The van der Waals surface area contributed by atoms with Crippen LogP contribution in [0.1, 0.15) is 29.0 Å². The van der Waals surface area contributed by atoms with Crippen molar-refractivity contribution in [1.82, 2.24) is 5.32 Å². The molecule has 0 bridgehead atoms. The average Bonchev–Trinajstić information content (AvgIpc) is 2.81. The number of carbonyl (C=O) groups excluding carboxylic acids is 1. The monoisotopic (exact) mass is 287 g/mol. The fourth-order valence-corrected chi connectivity index (χ4v) is 2.16. The van der Waals surface area contributed by atoms with Crippen LogP contribution in [-0.2, 0) is 4.79 Å². The summed E-state index contributed by atoms with van der Waals surface area (Å²) in [5.74, 6) is -1.43. The van der Waals surface area contributed by atoms with Gasteiger partial charge < -0.3 is 14.8 Å². The van der Waals surface area contributed by atoms with Gasteiger partial charge >= 0.3 is 5.97 Å². The third kappa shape index (κ3) is 3.13. The molecule has 2 N–H and O–H groups in total. The molecule has 0 saturated carbocycles. The Labute approximate surface area is 122 Å². The summed E-state index contributed by atoms with van der Waals surface area (Å²) in [5, 5.41) is 12.5. The maximum absolute atomic E-state index is 12.2. The van der Waals surface area contributed by atoms with Gasteiger partial charge in [0.05, 0.1) is 0 Å². The van der Waals surface area contributed by atoms with Gasteiger partial charge in [-0.2, -0.15) is 0 Å². The van der Waals surface area contributed by atoms with Gasteiger partial charge in [-0.1, -0.05) is 24.3 Å². The number of fused-ring (bicyclic) bond motifs is 1. The Kier molecular flexibility index (Phi) is 4.42. The molecule has 1 atom stereocenters. The third-order valence-corrected chi connectivity index (χ3v) is 3.31. The van der Waals surface area contributed by atoms with Crippen LogP contribution in [-0.4, -0.2) is 23.0 Å². The van der Waals surface area contributed by atoms with E-state index in [1.54, 1.807) is 19.1 Å². The number of hydrogen-bond acceptors (Lipinski definition) is 3. The first-order chi connectivity index (χ1) is 10.0. The molecule has 0 aliphatic heterocycles. The number of para-hydroxylation sites is 1. The first kappa shape index (κ1) is 14.8. The van der Waals surface area contributed by atoms with Gasteiger partial charge in [0.1, 0.15) is 11.6 Å². The number of allylic oxidation sites excluding steroid dienone is 1. The molecule has 0 radical (unpaired) electrons. The summed E-state index contributed by atoms with van der Waals surface area (Å²) in [7, 11) is 0. The third-order valence-electron chi connectivity index (χ3n) is 3.31. The molecule has 1 unspecified atom stereocenters. The molecule has 0 saturated heterocycles. The SMILES string of the molecule is C=CCCC(NC(=O)c1oc2ccccc2c1C)C(=O)O. The van der Waals surface area contributed by atoms with Crippen molar-refractivity contribution in [2.45, 2.75) is 25.8 Å². The molecule has 1 heterocycles. The van der Waals surface area contributed by atoms with E-state index >= 15 is 0 Å². The molecular weight excluding hydrogens is 270 g/mol. The summed E-state index contributed by atoms with van der Waals surface area (Å²) in [6, 6.07) is 6.35. The lowest BCUT2D eigenvalue weighted by atomic mass is 10.1. The Morgan fingerprint density at radius 2 is 2.14 bits per heavy atom. The molecule has 2 rings (SSSR count). The van der Waals surface area contributed by atoms with Crippen LogP contribution in [0.2, 0.25) is 0 Å². The van der Waals surface area contributed by atoms with Crippen LogP contribution < -0.4 is 5.32 Å². The van der Waals surface area contributed by atoms with Crippen LogP contribution in [0.5, 0.6) is 0 Å². The minimum Gasteiger partial charge on any atom is -0.480 e. The number of furan rings is 1. The number of amides is 1. The molecule has 0 fully saturated rings. The van der Waals surface area contributed by atoms with E-state index in [9.17, 15) is 9.59 Å². The van der Waals surface area contributed by atoms with Gasteiger partial charge in [0.2, 0.25) is 0 Å². The molecular formula is C16H17NO4. The lowest BCUT2D eigenvalue weighted by Crippen LogP contribution is -2.40. The van der Waals surface area contributed by atoms with Crippen LogP contribution in [0.25, 0.3) is 11.0 Å². The van der Waals surface area contributed by atoms with Crippen LogP contribution in [0.3, 0.4) is 0 Å². The highest BCUT2D eigenvalue weighted by molar-refractivity contribution is 6.00. The first-order valence-electron chi connectivity index (χ1n) is 6.67. The van der Waals surface area contributed by atoms with E-state index in [2.05, 4.69) is 11.9 Å². The van der Waals surface area contributed by atoms with Crippen molar-refractivity contribution in [1.29, 1.82) is 0 Å². The predicted octanol–water partition coefficient (Wildman–Crippen LogP) is 2.89. The lowest BCUT2D eigenvalue weighted by molar-refractivity contribution is -0.139. The quantitative estimate of drug-likeness (QED) is 0.801. The van der Waals surface area contributed by atoms with Gasteiger partial charge in [-0.05, 0) is 25.8 Å². The van der Waals surface area contributed by atoms with Crippen LogP contribution in [0.4, 0.5) is 0 Å². The smallest absolute Gasteiger partial charge is 0.326 e. The Morgan fingerprint density at radius 1 is 1.43 bits per heavy atom. The molecule has 0 aliphatic rings. The highest BCUT2D eigenvalue weighted by Crippen LogP contribution is 2.24. The zero-order chi connectivity index (χ0) is 15.4. The number of rotatable bonds is 6. The maximum Gasteiger partial charge on any atom is 0.326 e. The standard InChI is InChI=1S/C16H17NO4/c1-3-4-8-12(16(19)20)17-15(18)14-10(2)11-7-5-6-9-13(11)21-14/h3,5-7,9,12H,1,4,8H2,2H3,(H,17,18)(H,19,20). The van der Waals surface area contributed by atoms with E-state index in [1.165, 1.54) is 0 Å². The number of benzene rings is 1. The van der Waals surface area contributed by atoms with E-state index in [-0.39, 0.29) is 5.76 Å². The topological polar surface area (TPSA) is 79.5 Å². The van der Waals surface area contributed by atoms with Crippen LogP contribution in [0, 0.1) is 6.92 Å². The van der Waals surface area contributed by atoms with Gasteiger partial charge in [0.25, 0.3) is 5.91 Å². The van der Waals surface area contributed by atoms with Crippen molar-refractivity contribution < 1.29 is 19.1 Å². The van der Waals surface area contributed by atoms with Crippen LogP contribution in [0.15, 0.2) is 41.3 Å². The second-order valence-corrected chi connectivity index (χ2v) is 4.78. The lowest BCUT2D eigenvalue weighted by Gasteiger charge is -2.12. The Morgan fingerprint density at radius 3 is 2.76 bits per heavy atom. The summed E-state index contributed by atoms with van der Waals surface area (Å²) in [4.78, 5) is 23.4. The predicted molar refractivity (Wildman–Crippen MR) is 79.3 cm³/mol.